The monoisotopic (exact) mass is 282 g/mol. The number of nitrogens with one attached hydrogen (secondary N) is 1. The first-order chi connectivity index (χ1) is 9.83. The Morgan fingerprint density at radius 3 is 2.40 bits per heavy atom. The zero-order valence-electron chi connectivity index (χ0n) is 13.6. The van der Waals surface area contributed by atoms with Crippen LogP contribution in [0.4, 0.5) is 0 Å². The highest BCUT2D eigenvalue weighted by molar-refractivity contribution is 4.88. The molecule has 3 heteroatoms. The van der Waals surface area contributed by atoms with Gasteiger partial charge in [-0.2, -0.15) is 0 Å². The lowest BCUT2D eigenvalue weighted by atomic mass is 9.89. The molecule has 0 spiro atoms. The van der Waals surface area contributed by atoms with Gasteiger partial charge in [0.05, 0.1) is 0 Å². The van der Waals surface area contributed by atoms with E-state index in [-0.39, 0.29) is 0 Å². The Morgan fingerprint density at radius 2 is 1.70 bits per heavy atom. The summed E-state index contributed by atoms with van der Waals surface area (Å²) in [6.45, 7) is 5.35. The molecule has 118 valence electrons. The van der Waals surface area contributed by atoms with Crippen LogP contribution in [0.15, 0.2) is 0 Å². The molecular weight excluding hydrogens is 248 g/mol. The van der Waals surface area contributed by atoms with Gasteiger partial charge in [-0.1, -0.05) is 32.6 Å². The number of hydrogen-bond donors (Lipinski definition) is 1. The minimum absolute atomic E-state index is 0.697. The smallest absolute Gasteiger partial charge is 0.0480 e. The van der Waals surface area contributed by atoms with Crippen molar-refractivity contribution in [3.05, 3.63) is 0 Å². The van der Waals surface area contributed by atoms with Gasteiger partial charge in [0.1, 0.15) is 0 Å². The molecule has 2 rings (SSSR count). The van der Waals surface area contributed by atoms with Gasteiger partial charge >= 0.3 is 0 Å². The highest BCUT2D eigenvalue weighted by atomic mass is 16.5. The summed E-state index contributed by atoms with van der Waals surface area (Å²) in [6.07, 6.45) is 12.1. The third kappa shape index (κ3) is 4.71. The van der Waals surface area contributed by atoms with Gasteiger partial charge in [0.2, 0.25) is 0 Å². The van der Waals surface area contributed by atoms with Crippen molar-refractivity contribution in [3.63, 3.8) is 0 Å². The Kier molecular flexibility index (Phi) is 7.32. The van der Waals surface area contributed by atoms with Gasteiger partial charge in [-0.05, 0) is 45.7 Å². The molecule has 2 unspecified atom stereocenters. The maximum absolute atomic E-state index is 5.53. The minimum atomic E-state index is 0.697. The van der Waals surface area contributed by atoms with Crippen LogP contribution in [0.3, 0.4) is 0 Å². The van der Waals surface area contributed by atoms with Gasteiger partial charge in [0.25, 0.3) is 0 Å². The van der Waals surface area contributed by atoms with Crippen LogP contribution in [0.2, 0.25) is 0 Å². The number of ether oxygens (including phenoxy) is 1. The average Bonchev–Trinajstić information content (AvgIpc) is 2.47. The summed E-state index contributed by atoms with van der Waals surface area (Å²) in [7, 11) is 2.36. The maximum Gasteiger partial charge on any atom is 0.0480 e. The van der Waals surface area contributed by atoms with Crippen molar-refractivity contribution in [2.24, 2.45) is 0 Å². The molecule has 2 aliphatic rings. The van der Waals surface area contributed by atoms with E-state index in [1.54, 1.807) is 0 Å². The molecule has 0 aromatic rings. The molecule has 1 heterocycles. The van der Waals surface area contributed by atoms with Crippen LogP contribution in [-0.2, 0) is 4.74 Å². The lowest BCUT2D eigenvalue weighted by Gasteiger charge is -2.42. The molecule has 1 saturated heterocycles. The van der Waals surface area contributed by atoms with Gasteiger partial charge in [0, 0.05) is 31.3 Å². The molecule has 1 N–H and O–H groups in total. The van der Waals surface area contributed by atoms with Crippen LogP contribution in [-0.4, -0.2) is 49.8 Å². The fraction of sp³-hybridized carbons (Fsp3) is 1.00. The second-order valence-electron chi connectivity index (χ2n) is 6.63. The second-order valence-corrected chi connectivity index (χ2v) is 6.63. The summed E-state index contributed by atoms with van der Waals surface area (Å²) >= 11 is 0. The van der Waals surface area contributed by atoms with Gasteiger partial charge in [-0.25, -0.2) is 0 Å². The van der Waals surface area contributed by atoms with Crippen molar-refractivity contribution in [1.29, 1.82) is 0 Å². The zero-order chi connectivity index (χ0) is 14.2. The van der Waals surface area contributed by atoms with E-state index < -0.39 is 0 Å². The molecule has 0 amide bonds. The topological polar surface area (TPSA) is 24.5 Å². The van der Waals surface area contributed by atoms with Crippen LogP contribution < -0.4 is 5.32 Å². The summed E-state index contributed by atoms with van der Waals surface area (Å²) in [5.74, 6) is 0. The zero-order valence-corrected chi connectivity index (χ0v) is 13.6. The average molecular weight is 282 g/mol. The predicted octanol–water partition coefficient (Wildman–Crippen LogP) is 3.19. The van der Waals surface area contributed by atoms with E-state index in [2.05, 4.69) is 24.2 Å². The molecule has 1 aliphatic heterocycles. The van der Waals surface area contributed by atoms with E-state index in [1.165, 1.54) is 64.3 Å². The van der Waals surface area contributed by atoms with Gasteiger partial charge < -0.3 is 10.1 Å². The lowest BCUT2D eigenvalue weighted by molar-refractivity contribution is 0.0173. The molecule has 1 aliphatic carbocycles. The first kappa shape index (κ1) is 16.3. The maximum atomic E-state index is 5.53. The van der Waals surface area contributed by atoms with Gasteiger partial charge in [0.15, 0.2) is 0 Å². The van der Waals surface area contributed by atoms with Gasteiger partial charge in [-0.15, -0.1) is 0 Å². The Hall–Kier alpha value is -0.120. The summed E-state index contributed by atoms with van der Waals surface area (Å²) in [5, 5.41) is 3.84. The summed E-state index contributed by atoms with van der Waals surface area (Å²) in [4.78, 5) is 2.70. The van der Waals surface area contributed by atoms with Crippen LogP contribution in [0, 0.1) is 0 Å². The van der Waals surface area contributed by atoms with E-state index in [4.69, 9.17) is 4.74 Å². The van der Waals surface area contributed by atoms with Crippen molar-refractivity contribution in [3.8, 4) is 0 Å². The van der Waals surface area contributed by atoms with Gasteiger partial charge in [-0.3, -0.25) is 4.90 Å². The molecular formula is C17H34N2O. The van der Waals surface area contributed by atoms with Crippen LogP contribution in [0.25, 0.3) is 0 Å². The third-order valence-corrected chi connectivity index (χ3v) is 5.18. The molecule has 0 aromatic carbocycles. The van der Waals surface area contributed by atoms with E-state index in [9.17, 15) is 0 Å². The SMILES string of the molecule is CCCNC1CCCCCCC1N(C)C1CCOCC1. The van der Waals surface area contributed by atoms with Crippen LogP contribution in [0.1, 0.15) is 64.7 Å². The van der Waals surface area contributed by atoms with Crippen molar-refractivity contribution < 1.29 is 4.74 Å². The number of likely N-dealkylation sites (N-methyl/N-ethyl adjacent to an activating group) is 1. The first-order valence-electron chi connectivity index (χ1n) is 8.86. The molecule has 1 saturated carbocycles. The van der Waals surface area contributed by atoms with E-state index in [0.717, 1.165) is 25.3 Å². The quantitative estimate of drug-likeness (QED) is 0.838. The van der Waals surface area contributed by atoms with E-state index >= 15 is 0 Å². The number of nitrogens with zero attached hydrogens (tertiary/aromatic N) is 1. The molecule has 2 atom stereocenters. The first-order valence-corrected chi connectivity index (χ1v) is 8.86. The summed E-state index contributed by atoms with van der Waals surface area (Å²) in [5.41, 5.74) is 0. The molecule has 0 radical (unpaired) electrons. The number of rotatable bonds is 5. The lowest BCUT2D eigenvalue weighted by Crippen LogP contribution is -2.53. The van der Waals surface area contributed by atoms with Crippen molar-refractivity contribution >= 4 is 0 Å². The Morgan fingerprint density at radius 1 is 1.00 bits per heavy atom. The summed E-state index contributed by atoms with van der Waals surface area (Å²) in [6, 6.07) is 2.16. The fourth-order valence-electron chi connectivity index (χ4n) is 3.88. The highest BCUT2D eigenvalue weighted by Gasteiger charge is 2.30. The Bertz CT molecular complexity index is 249. The van der Waals surface area contributed by atoms with Crippen LogP contribution in [0.5, 0.6) is 0 Å². The van der Waals surface area contributed by atoms with Crippen molar-refractivity contribution in [2.45, 2.75) is 82.8 Å². The molecule has 20 heavy (non-hydrogen) atoms. The molecule has 3 nitrogen and oxygen atoms in total. The largest absolute Gasteiger partial charge is 0.381 e. The second kappa shape index (κ2) is 9.01. The van der Waals surface area contributed by atoms with Crippen molar-refractivity contribution in [2.75, 3.05) is 26.8 Å². The molecule has 0 aromatic heterocycles. The van der Waals surface area contributed by atoms with E-state index in [1.807, 2.05) is 0 Å². The van der Waals surface area contributed by atoms with E-state index in [0.29, 0.717) is 6.04 Å². The van der Waals surface area contributed by atoms with Crippen LogP contribution >= 0.6 is 0 Å². The predicted molar refractivity (Wildman–Crippen MR) is 85.2 cm³/mol. The van der Waals surface area contributed by atoms with Crippen molar-refractivity contribution in [1.82, 2.24) is 10.2 Å². The number of hydrogen-bond acceptors (Lipinski definition) is 3. The third-order valence-electron chi connectivity index (χ3n) is 5.18. The highest BCUT2D eigenvalue weighted by Crippen LogP contribution is 2.25. The Labute approximate surface area is 125 Å². The Balaban J connectivity index is 1.96. The molecule has 2 fully saturated rings. The molecule has 0 bridgehead atoms. The standard InChI is InChI=1S/C17H34N2O/c1-3-12-18-16-8-6-4-5-7-9-17(16)19(2)15-10-13-20-14-11-15/h15-18H,3-14H2,1-2H3. The minimum Gasteiger partial charge on any atom is -0.381 e. The fourth-order valence-corrected chi connectivity index (χ4v) is 3.88. The summed E-state index contributed by atoms with van der Waals surface area (Å²) < 4.78 is 5.53. The normalized spacial score (nSPS) is 30.1.